The van der Waals surface area contributed by atoms with Crippen LogP contribution in [-0.4, -0.2) is 53.8 Å². The predicted octanol–water partition coefficient (Wildman–Crippen LogP) is 3.64. The highest BCUT2D eigenvalue weighted by molar-refractivity contribution is 5.84. The zero-order chi connectivity index (χ0) is 21.3. The summed E-state index contributed by atoms with van der Waals surface area (Å²) in [7, 11) is 3.66. The van der Waals surface area contributed by atoms with Gasteiger partial charge in [0.25, 0.3) is 0 Å². The van der Waals surface area contributed by atoms with Gasteiger partial charge >= 0.3 is 0 Å². The third-order valence-electron chi connectivity index (χ3n) is 6.81. The molecule has 2 aromatic rings. The molecule has 0 spiro atoms. The molecule has 2 aliphatic rings. The summed E-state index contributed by atoms with van der Waals surface area (Å²) in [6, 6.07) is 12.4. The Hall–Kier alpha value is -2.69. The lowest BCUT2D eigenvalue weighted by Gasteiger charge is -2.42. The Bertz CT molecular complexity index is 900. The number of likely N-dealkylation sites (tertiary alicyclic amines) is 1. The van der Waals surface area contributed by atoms with Crippen LogP contribution in [0.5, 0.6) is 0 Å². The van der Waals surface area contributed by atoms with Crippen LogP contribution < -0.4 is 0 Å². The first-order chi connectivity index (χ1) is 14.4. The van der Waals surface area contributed by atoms with E-state index >= 15 is 0 Å². The van der Waals surface area contributed by atoms with Gasteiger partial charge in [0.15, 0.2) is 0 Å². The highest BCUT2D eigenvalue weighted by atomic mass is 16.2. The Morgan fingerprint density at radius 3 is 2.30 bits per heavy atom. The van der Waals surface area contributed by atoms with Crippen molar-refractivity contribution >= 4 is 11.8 Å². The van der Waals surface area contributed by atoms with Gasteiger partial charge in [0, 0.05) is 45.5 Å². The lowest BCUT2D eigenvalue weighted by Crippen LogP contribution is -2.51. The zero-order valence-corrected chi connectivity index (χ0v) is 18.2. The second-order valence-corrected chi connectivity index (χ2v) is 9.24. The number of amides is 2. The lowest BCUT2D eigenvalue weighted by atomic mass is 9.72. The molecule has 1 aliphatic carbocycles. The molecule has 2 amide bonds. The van der Waals surface area contributed by atoms with Gasteiger partial charge < -0.3 is 9.80 Å². The summed E-state index contributed by atoms with van der Waals surface area (Å²) in [5.41, 5.74) is 2.93. The second kappa shape index (κ2) is 8.21. The molecule has 0 radical (unpaired) electrons. The second-order valence-electron chi connectivity index (χ2n) is 9.24. The van der Waals surface area contributed by atoms with Crippen LogP contribution in [0.3, 0.4) is 0 Å². The van der Waals surface area contributed by atoms with E-state index < -0.39 is 5.41 Å². The standard InChI is InChI=1S/C25H31N3O2/c1-18-15-22(18)23(29)28-13-10-25(11-14-28,24(30)27(2)3)16-19-6-8-20(9-7-19)21-5-4-12-26-17-21/h4-9,12,17-18,22H,10-11,13-16H2,1-3H3/t18-,22-/m1/s1. The molecule has 2 fully saturated rings. The molecule has 0 unspecified atom stereocenters. The number of benzene rings is 1. The van der Waals surface area contributed by atoms with Crippen molar-refractivity contribution < 1.29 is 9.59 Å². The van der Waals surface area contributed by atoms with E-state index in [1.165, 1.54) is 0 Å². The van der Waals surface area contributed by atoms with Gasteiger partial charge in [-0.3, -0.25) is 14.6 Å². The molecule has 1 aliphatic heterocycles. The third kappa shape index (κ3) is 4.11. The number of piperidine rings is 1. The molecular weight excluding hydrogens is 374 g/mol. The molecule has 4 rings (SSSR count). The molecule has 5 nitrogen and oxygen atoms in total. The van der Waals surface area contributed by atoms with Crippen molar-refractivity contribution in [2.24, 2.45) is 17.3 Å². The van der Waals surface area contributed by atoms with Gasteiger partial charge in [-0.2, -0.15) is 0 Å². The molecule has 1 aromatic heterocycles. The molecule has 5 heteroatoms. The van der Waals surface area contributed by atoms with Gasteiger partial charge in [0.1, 0.15) is 0 Å². The van der Waals surface area contributed by atoms with Crippen molar-refractivity contribution in [1.29, 1.82) is 0 Å². The summed E-state index contributed by atoms with van der Waals surface area (Å²) in [5, 5.41) is 0. The third-order valence-corrected chi connectivity index (χ3v) is 6.81. The van der Waals surface area contributed by atoms with E-state index in [1.54, 1.807) is 11.1 Å². The van der Waals surface area contributed by atoms with Gasteiger partial charge in [0.05, 0.1) is 5.41 Å². The molecule has 30 heavy (non-hydrogen) atoms. The molecule has 1 saturated carbocycles. The van der Waals surface area contributed by atoms with E-state index in [4.69, 9.17) is 0 Å². The summed E-state index contributed by atoms with van der Waals surface area (Å²) in [5.74, 6) is 1.19. The van der Waals surface area contributed by atoms with Crippen LogP contribution in [0, 0.1) is 17.3 Å². The predicted molar refractivity (Wildman–Crippen MR) is 118 cm³/mol. The van der Waals surface area contributed by atoms with Crippen molar-refractivity contribution in [2.75, 3.05) is 27.2 Å². The number of nitrogens with zero attached hydrogens (tertiary/aromatic N) is 3. The monoisotopic (exact) mass is 405 g/mol. The molecule has 0 N–H and O–H groups in total. The van der Waals surface area contributed by atoms with E-state index in [0.29, 0.717) is 25.4 Å². The Balaban J connectivity index is 1.49. The van der Waals surface area contributed by atoms with Crippen molar-refractivity contribution in [3.8, 4) is 11.1 Å². The van der Waals surface area contributed by atoms with E-state index in [0.717, 1.165) is 36.0 Å². The van der Waals surface area contributed by atoms with Crippen LogP contribution >= 0.6 is 0 Å². The molecule has 158 valence electrons. The fraction of sp³-hybridized carbons (Fsp3) is 0.480. The van der Waals surface area contributed by atoms with Crippen LogP contribution in [0.4, 0.5) is 0 Å². The van der Waals surface area contributed by atoms with Gasteiger partial charge in [-0.15, -0.1) is 0 Å². The van der Waals surface area contributed by atoms with Crippen molar-refractivity contribution in [1.82, 2.24) is 14.8 Å². The molecule has 2 heterocycles. The summed E-state index contributed by atoms with van der Waals surface area (Å²) in [4.78, 5) is 33.7. The Morgan fingerprint density at radius 1 is 1.10 bits per heavy atom. The summed E-state index contributed by atoms with van der Waals surface area (Å²) < 4.78 is 0. The maximum atomic E-state index is 13.2. The smallest absolute Gasteiger partial charge is 0.228 e. The van der Waals surface area contributed by atoms with Crippen LogP contribution in [0.1, 0.15) is 31.7 Å². The van der Waals surface area contributed by atoms with Gasteiger partial charge in [-0.25, -0.2) is 0 Å². The van der Waals surface area contributed by atoms with Crippen molar-refractivity contribution in [2.45, 2.75) is 32.6 Å². The quantitative estimate of drug-likeness (QED) is 0.763. The van der Waals surface area contributed by atoms with Gasteiger partial charge in [0.2, 0.25) is 11.8 Å². The molecule has 1 aromatic carbocycles. The average molecular weight is 406 g/mol. The minimum absolute atomic E-state index is 0.172. The van der Waals surface area contributed by atoms with Crippen LogP contribution in [-0.2, 0) is 16.0 Å². The van der Waals surface area contributed by atoms with Crippen molar-refractivity contribution in [3.05, 3.63) is 54.4 Å². The number of pyridine rings is 1. The van der Waals surface area contributed by atoms with Gasteiger partial charge in [-0.05, 0) is 54.4 Å². The maximum Gasteiger partial charge on any atom is 0.228 e. The number of carbonyl (C=O) groups is 2. The minimum Gasteiger partial charge on any atom is -0.348 e. The number of rotatable bonds is 5. The van der Waals surface area contributed by atoms with E-state index in [1.807, 2.05) is 37.3 Å². The van der Waals surface area contributed by atoms with Crippen molar-refractivity contribution in [3.63, 3.8) is 0 Å². The van der Waals surface area contributed by atoms with E-state index in [-0.39, 0.29) is 17.7 Å². The zero-order valence-electron chi connectivity index (χ0n) is 18.2. The summed E-state index contributed by atoms with van der Waals surface area (Å²) in [6.07, 6.45) is 6.80. The first-order valence-corrected chi connectivity index (χ1v) is 10.9. The summed E-state index contributed by atoms with van der Waals surface area (Å²) in [6.45, 7) is 3.49. The molecule has 2 atom stereocenters. The van der Waals surface area contributed by atoms with E-state index in [2.05, 4.69) is 36.2 Å². The molecular formula is C25H31N3O2. The highest BCUT2D eigenvalue weighted by Crippen LogP contribution is 2.42. The Kier molecular flexibility index (Phi) is 5.63. The number of hydrogen-bond donors (Lipinski definition) is 0. The van der Waals surface area contributed by atoms with Crippen LogP contribution in [0.25, 0.3) is 11.1 Å². The first kappa shape index (κ1) is 20.6. The normalized spacial score (nSPS) is 22.4. The fourth-order valence-corrected chi connectivity index (χ4v) is 4.74. The average Bonchev–Trinajstić information content (AvgIpc) is 3.51. The van der Waals surface area contributed by atoms with Crippen LogP contribution in [0.2, 0.25) is 0 Å². The largest absolute Gasteiger partial charge is 0.348 e. The maximum absolute atomic E-state index is 13.2. The number of aromatic nitrogens is 1. The molecule has 0 bridgehead atoms. The van der Waals surface area contributed by atoms with Crippen LogP contribution in [0.15, 0.2) is 48.8 Å². The highest BCUT2D eigenvalue weighted by Gasteiger charge is 2.46. The SMILES string of the molecule is C[C@@H]1C[C@H]1C(=O)N1CCC(Cc2ccc(-c3cccnc3)cc2)(C(=O)N(C)C)CC1. The summed E-state index contributed by atoms with van der Waals surface area (Å²) >= 11 is 0. The topological polar surface area (TPSA) is 53.5 Å². The first-order valence-electron chi connectivity index (χ1n) is 10.9. The van der Waals surface area contributed by atoms with Gasteiger partial charge in [-0.1, -0.05) is 37.3 Å². The number of hydrogen-bond acceptors (Lipinski definition) is 3. The Morgan fingerprint density at radius 2 is 1.77 bits per heavy atom. The molecule has 1 saturated heterocycles. The Labute approximate surface area is 179 Å². The fourth-order valence-electron chi connectivity index (χ4n) is 4.74. The number of carbonyl (C=O) groups excluding carboxylic acids is 2. The lowest BCUT2D eigenvalue weighted by molar-refractivity contribution is -0.146. The minimum atomic E-state index is -0.439. The van der Waals surface area contributed by atoms with E-state index in [9.17, 15) is 9.59 Å².